The van der Waals surface area contributed by atoms with E-state index in [2.05, 4.69) is 31.3 Å². The molecule has 0 spiro atoms. The number of hydrogen-bond acceptors (Lipinski definition) is 5. The van der Waals surface area contributed by atoms with E-state index in [4.69, 9.17) is 9.05 Å². The van der Waals surface area contributed by atoms with Crippen molar-refractivity contribution in [2.45, 2.75) is 180 Å². The van der Waals surface area contributed by atoms with Gasteiger partial charge in [0, 0.05) is 6.42 Å². The molecule has 0 aliphatic carbocycles. The van der Waals surface area contributed by atoms with Gasteiger partial charge in [0.05, 0.1) is 39.9 Å². The number of aliphatic hydroxyl groups is 1. The molecule has 3 unspecified atom stereocenters. The van der Waals surface area contributed by atoms with Gasteiger partial charge < -0.3 is 19.8 Å². The van der Waals surface area contributed by atoms with Crippen molar-refractivity contribution in [1.82, 2.24) is 5.32 Å². The van der Waals surface area contributed by atoms with Crippen LogP contribution in [0.1, 0.15) is 168 Å². The lowest BCUT2D eigenvalue weighted by molar-refractivity contribution is -0.870. The summed E-state index contributed by atoms with van der Waals surface area (Å²) in [6.45, 7) is 4.77. The van der Waals surface area contributed by atoms with Gasteiger partial charge in [0.25, 0.3) is 0 Å². The highest BCUT2D eigenvalue weighted by Crippen LogP contribution is 2.43. The Balaban J connectivity index is 4.53. The predicted molar refractivity (Wildman–Crippen MR) is 203 cm³/mol. The highest BCUT2D eigenvalue weighted by atomic mass is 31.2. The van der Waals surface area contributed by atoms with E-state index in [1.165, 1.54) is 96.3 Å². The maximum atomic E-state index is 12.8. The Morgan fingerprint density at radius 1 is 0.688 bits per heavy atom. The Bertz CT molecular complexity index is 845. The van der Waals surface area contributed by atoms with E-state index >= 15 is 0 Å². The van der Waals surface area contributed by atoms with Crippen molar-refractivity contribution in [3.05, 3.63) is 24.3 Å². The van der Waals surface area contributed by atoms with Crippen molar-refractivity contribution < 1.29 is 32.9 Å². The number of rotatable bonds is 35. The molecule has 284 valence electrons. The number of hydrogen-bond donors (Lipinski definition) is 3. The fourth-order valence-corrected chi connectivity index (χ4v) is 6.18. The molecule has 0 aromatic carbocycles. The molecule has 3 N–H and O–H groups in total. The zero-order chi connectivity index (χ0) is 35.8. The van der Waals surface area contributed by atoms with Crippen molar-refractivity contribution in [3.8, 4) is 0 Å². The summed E-state index contributed by atoms with van der Waals surface area (Å²) in [7, 11) is 1.56. The van der Waals surface area contributed by atoms with Gasteiger partial charge >= 0.3 is 7.82 Å². The monoisotopic (exact) mass is 702 g/mol. The first-order chi connectivity index (χ1) is 23.0. The van der Waals surface area contributed by atoms with Gasteiger partial charge in [-0.25, -0.2) is 4.57 Å². The van der Waals surface area contributed by atoms with Gasteiger partial charge in [0.2, 0.25) is 5.91 Å². The Morgan fingerprint density at radius 3 is 1.60 bits per heavy atom. The highest BCUT2D eigenvalue weighted by Gasteiger charge is 2.27. The Hall–Kier alpha value is -1.02. The number of allylic oxidation sites excluding steroid dienone is 3. The summed E-state index contributed by atoms with van der Waals surface area (Å²) >= 11 is 0. The number of carbonyl (C=O) groups is 1. The van der Waals surface area contributed by atoms with Gasteiger partial charge in [-0.2, -0.15) is 0 Å². The molecule has 8 nitrogen and oxygen atoms in total. The second-order valence-electron chi connectivity index (χ2n) is 14.7. The van der Waals surface area contributed by atoms with Crippen LogP contribution in [0.2, 0.25) is 0 Å². The van der Waals surface area contributed by atoms with Crippen LogP contribution in [0.3, 0.4) is 0 Å². The van der Waals surface area contributed by atoms with Crippen LogP contribution in [0, 0.1) is 0 Å². The molecular formula is C39H78N2O6P+. The molecule has 0 heterocycles. The van der Waals surface area contributed by atoms with Gasteiger partial charge in [-0.15, -0.1) is 0 Å². The lowest BCUT2D eigenvalue weighted by Gasteiger charge is -2.25. The van der Waals surface area contributed by atoms with Crippen LogP contribution >= 0.6 is 7.82 Å². The molecule has 0 aliphatic rings. The normalized spacial score (nSPS) is 14.9. The molecule has 0 aromatic heterocycles. The lowest BCUT2D eigenvalue weighted by atomic mass is 10.1. The van der Waals surface area contributed by atoms with E-state index in [1.54, 1.807) is 6.08 Å². The molecular weight excluding hydrogens is 623 g/mol. The number of quaternary nitrogens is 1. The number of nitrogens with zero attached hydrogens (tertiary/aromatic N) is 1. The minimum Gasteiger partial charge on any atom is -0.387 e. The van der Waals surface area contributed by atoms with Gasteiger partial charge in [0.15, 0.2) is 0 Å². The topological polar surface area (TPSA) is 105 Å². The van der Waals surface area contributed by atoms with Crippen LogP contribution in [0.15, 0.2) is 24.3 Å². The number of phosphoric acid groups is 1. The third-order valence-electron chi connectivity index (χ3n) is 8.67. The summed E-state index contributed by atoms with van der Waals surface area (Å²) in [4.78, 5) is 23.0. The quantitative estimate of drug-likeness (QED) is 0.0263. The maximum absolute atomic E-state index is 12.8. The number of carbonyl (C=O) groups excluding carboxylic acids is 1. The summed E-state index contributed by atoms with van der Waals surface area (Å²) in [5, 5.41) is 13.7. The zero-order valence-corrected chi connectivity index (χ0v) is 32.9. The van der Waals surface area contributed by atoms with E-state index in [1.807, 2.05) is 27.2 Å². The standard InChI is InChI=1S/C39H77N2O6P/c1-6-8-10-12-14-16-18-20-21-23-25-27-29-31-33-39(43)40-37(36-47-48(44,45)46-35-34-41(3,4)5)38(42)32-30-28-26-24-22-19-17-15-13-11-9-7-2/h18,20,30,32,37-38,42H,6-17,19,21-29,31,33-36H2,1-5H3,(H-,40,43,44,45)/p+1/b20-18-,32-30+. The molecule has 0 radical (unpaired) electrons. The molecule has 1 amide bonds. The van der Waals surface area contributed by atoms with Gasteiger partial charge in [0.1, 0.15) is 13.2 Å². The van der Waals surface area contributed by atoms with E-state index in [0.29, 0.717) is 17.4 Å². The van der Waals surface area contributed by atoms with Gasteiger partial charge in [-0.1, -0.05) is 141 Å². The Morgan fingerprint density at radius 2 is 1.12 bits per heavy atom. The second-order valence-corrected chi connectivity index (χ2v) is 16.1. The molecule has 0 aliphatic heterocycles. The SMILES string of the molecule is CCCCCCC/C=C\CCCCCCCC(=O)NC(COP(=O)(O)OCC[N+](C)(C)C)C(O)/C=C/CCCCCCCCCCCC. The average molecular weight is 702 g/mol. The number of aliphatic hydroxyl groups excluding tert-OH is 1. The minimum absolute atomic E-state index is 0.0605. The molecule has 0 aromatic rings. The molecule has 3 atom stereocenters. The van der Waals surface area contributed by atoms with Crippen LogP contribution < -0.4 is 5.32 Å². The number of nitrogens with one attached hydrogen (secondary N) is 1. The molecule has 9 heteroatoms. The first-order valence-corrected chi connectivity index (χ1v) is 21.2. The number of likely N-dealkylation sites (N-methyl/N-ethyl adjacent to an activating group) is 1. The van der Waals surface area contributed by atoms with Crippen molar-refractivity contribution >= 4 is 13.7 Å². The van der Waals surface area contributed by atoms with Crippen LogP contribution in [0.4, 0.5) is 0 Å². The van der Waals surface area contributed by atoms with E-state index in [0.717, 1.165) is 51.4 Å². The second kappa shape index (κ2) is 31.9. The van der Waals surface area contributed by atoms with Gasteiger partial charge in [-0.3, -0.25) is 13.8 Å². The smallest absolute Gasteiger partial charge is 0.387 e. The highest BCUT2D eigenvalue weighted by molar-refractivity contribution is 7.47. The molecule has 0 saturated carbocycles. The maximum Gasteiger partial charge on any atom is 0.472 e. The van der Waals surface area contributed by atoms with Crippen molar-refractivity contribution in [3.63, 3.8) is 0 Å². The molecule has 0 bridgehead atoms. The molecule has 48 heavy (non-hydrogen) atoms. The molecule has 0 fully saturated rings. The Kier molecular flexibility index (Phi) is 31.2. The number of phosphoric ester groups is 1. The molecule has 0 saturated heterocycles. The fourth-order valence-electron chi connectivity index (χ4n) is 5.45. The number of amides is 1. The first kappa shape index (κ1) is 47.0. The van der Waals surface area contributed by atoms with Crippen molar-refractivity contribution in [2.24, 2.45) is 0 Å². The number of unbranched alkanes of at least 4 members (excludes halogenated alkanes) is 20. The van der Waals surface area contributed by atoms with E-state index < -0.39 is 20.0 Å². The molecule has 0 rings (SSSR count). The predicted octanol–water partition coefficient (Wildman–Crippen LogP) is 10.2. The summed E-state index contributed by atoms with van der Waals surface area (Å²) in [5.74, 6) is -0.189. The summed E-state index contributed by atoms with van der Waals surface area (Å²) in [5.41, 5.74) is 0. The Labute approximate surface area is 296 Å². The third kappa shape index (κ3) is 33.5. The van der Waals surface area contributed by atoms with E-state index in [-0.39, 0.29) is 19.1 Å². The van der Waals surface area contributed by atoms with Gasteiger partial charge in [-0.05, 0) is 44.9 Å². The summed E-state index contributed by atoms with van der Waals surface area (Å²) < 4.78 is 23.4. The largest absolute Gasteiger partial charge is 0.472 e. The van der Waals surface area contributed by atoms with Crippen LogP contribution in [0.5, 0.6) is 0 Å². The first-order valence-electron chi connectivity index (χ1n) is 19.7. The third-order valence-corrected chi connectivity index (χ3v) is 9.65. The summed E-state index contributed by atoms with van der Waals surface area (Å²) in [6, 6.07) is -0.845. The van der Waals surface area contributed by atoms with Crippen LogP contribution in [-0.2, 0) is 18.4 Å². The fraction of sp³-hybridized carbons (Fsp3) is 0.872. The zero-order valence-electron chi connectivity index (χ0n) is 32.0. The van der Waals surface area contributed by atoms with Crippen LogP contribution in [0.25, 0.3) is 0 Å². The average Bonchev–Trinajstić information content (AvgIpc) is 3.02. The van der Waals surface area contributed by atoms with E-state index in [9.17, 15) is 19.4 Å². The lowest BCUT2D eigenvalue weighted by Crippen LogP contribution is -2.45. The summed E-state index contributed by atoms with van der Waals surface area (Å²) in [6.07, 6.45) is 35.2. The van der Waals surface area contributed by atoms with Crippen molar-refractivity contribution in [2.75, 3.05) is 40.9 Å². The van der Waals surface area contributed by atoms with Crippen LogP contribution in [-0.4, -0.2) is 73.4 Å². The van der Waals surface area contributed by atoms with Crippen molar-refractivity contribution in [1.29, 1.82) is 0 Å². The minimum atomic E-state index is -4.33.